The Labute approximate surface area is 134 Å². The number of pyridine rings is 1. The van der Waals surface area contributed by atoms with Crippen LogP contribution >= 0.6 is 22.6 Å². The second-order valence-corrected chi connectivity index (χ2v) is 5.71. The lowest BCUT2D eigenvalue weighted by atomic mass is 10.2. The fourth-order valence-corrected chi connectivity index (χ4v) is 2.36. The van der Waals surface area contributed by atoms with Gasteiger partial charge in [-0.1, -0.05) is 0 Å². The van der Waals surface area contributed by atoms with Gasteiger partial charge in [-0.05, 0) is 59.0 Å². The Balaban J connectivity index is 1.90. The molecule has 0 saturated heterocycles. The summed E-state index contributed by atoms with van der Waals surface area (Å²) < 4.78 is 5.87. The van der Waals surface area contributed by atoms with Crippen molar-refractivity contribution < 1.29 is 9.53 Å². The predicted molar refractivity (Wildman–Crippen MR) is 89.9 cm³/mol. The van der Waals surface area contributed by atoms with Gasteiger partial charge in [0.15, 0.2) is 0 Å². The van der Waals surface area contributed by atoms with Gasteiger partial charge < -0.3 is 15.0 Å². The van der Waals surface area contributed by atoms with E-state index >= 15 is 0 Å². The van der Waals surface area contributed by atoms with Crippen LogP contribution < -0.4 is 5.32 Å². The number of benzene rings is 1. The normalized spacial score (nSPS) is 10.6. The van der Waals surface area contributed by atoms with Crippen molar-refractivity contribution in [1.82, 2.24) is 9.97 Å². The van der Waals surface area contributed by atoms with Gasteiger partial charge in [-0.25, -0.2) is 9.78 Å². The van der Waals surface area contributed by atoms with E-state index in [1.165, 1.54) is 10.7 Å². The maximum Gasteiger partial charge on any atom is 0.354 e. The van der Waals surface area contributed by atoms with Crippen LogP contribution in [0.1, 0.15) is 10.5 Å². The van der Waals surface area contributed by atoms with Gasteiger partial charge >= 0.3 is 5.97 Å². The standard InChI is InChI=1S/C15H12IN3O2/c1-21-15(20)13-7-9-6-12(8-17-14(9)19-13)18-11-4-2-10(16)3-5-11/h2-8,18H,1H3,(H,17,19). The van der Waals surface area contributed by atoms with Crippen LogP contribution in [-0.2, 0) is 4.74 Å². The van der Waals surface area contributed by atoms with Crippen molar-refractivity contribution in [2.75, 3.05) is 12.4 Å². The van der Waals surface area contributed by atoms with Crippen LogP contribution in [0, 0.1) is 3.57 Å². The van der Waals surface area contributed by atoms with E-state index in [2.05, 4.69) is 42.6 Å². The second kappa shape index (κ2) is 5.72. The molecule has 0 radical (unpaired) electrons. The average Bonchev–Trinajstić information content (AvgIpc) is 2.92. The molecule has 0 fully saturated rings. The summed E-state index contributed by atoms with van der Waals surface area (Å²) in [5.74, 6) is -0.403. The fraction of sp³-hybridized carbons (Fsp3) is 0.0667. The number of fused-ring (bicyclic) bond motifs is 1. The molecule has 3 rings (SSSR count). The van der Waals surface area contributed by atoms with Gasteiger partial charge in [0.05, 0.1) is 19.0 Å². The van der Waals surface area contributed by atoms with E-state index in [9.17, 15) is 4.79 Å². The Morgan fingerprint density at radius 2 is 2.00 bits per heavy atom. The number of aromatic amines is 1. The molecule has 0 atom stereocenters. The Kier molecular flexibility index (Phi) is 3.78. The van der Waals surface area contributed by atoms with Gasteiger partial charge in [0.25, 0.3) is 0 Å². The first-order chi connectivity index (χ1) is 10.2. The summed E-state index contributed by atoms with van der Waals surface area (Å²) in [5.41, 5.74) is 2.90. The van der Waals surface area contributed by atoms with E-state index in [0.29, 0.717) is 11.3 Å². The number of ether oxygens (including phenoxy) is 1. The van der Waals surface area contributed by atoms with Crippen molar-refractivity contribution in [3.05, 3.63) is 51.9 Å². The van der Waals surface area contributed by atoms with Gasteiger partial charge in [0.1, 0.15) is 11.3 Å². The monoisotopic (exact) mass is 393 g/mol. The molecule has 2 N–H and O–H groups in total. The number of hydrogen-bond acceptors (Lipinski definition) is 4. The van der Waals surface area contributed by atoms with Crippen LogP contribution in [0.5, 0.6) is 0 Å². The van der Waals surface area contributed by atoms with Crippen LogP contribution in [0.15, 0.2) is 42.6 Å². The number of nitrogens with zero attached hydrogens (tertiary/aromatic N) is 1. The number of carbonyl (C=O) groups excluding carboxylic acids is 1. The predicted octanol–water partition coefficient (Wildman–Crippen LogP) is 3.70. The van der Waals surface area contributed by atoms with Crippen molar-refractivity contribution in [2.24, 2.45) is 0 Å². The molecule has 0 aliphatic rings. The molecule has 3 aromatic rings. The molecule has 6 heteroatoms. The third kappa shape index (κ3) is 2.99. The van der Waals surface area contributed by atoms with E-state index in [0.717, 1.165) is 16.8 Å². The second-order valence-electron chi connectivity index (χ2n) is 4.47. The van der Waals surface area contributed by atoms with Gasteiger partial charge in [-0.2, -0.15) is 0 Å². The summed E-state index contributed by atoms with van der Waals surface area (Å²) in [4.78, 5) is 18.7. The molecule has 0 amide bonds. The van der Waals surface area contributed by atoms with E-state index in [1.54, 1.807) is 12.3 Å². The zero-order valence-electron chi connectivity index (χ0n) is 11.2. The molecule has 0 spiro atoms. The van der Waals surface area contributed by atoms with Crippen LogP contribution in [0.25, 0.3) is 11.0 Å². The SMILES string of the molecule is COC(=O)c1cc2cc(Nc3ccc(I)cc3)cnc2[nH]1. The van der Waals surface area contributed by atoms with E-state index in [1.807, 2.05) is 30.3 Å². The lowest BCUT2D eigenvalue weighted by Gasteiger charge is -2.05. The number of methoxy groups -OCH3 is 1. The number of nitrogens with one attached hydrogen (secondary N) is 2. The summed E-state index contributed by atoms with van der Waals surface area (Å²) in [7, 11) is 1.35. The lowest BCUT2D eigenvalue weighted by Crippen LogP contribution is -2.00. The third-order valence-corrected chi connectivity index (χ3v) is 3.73. The molecule has 0 bridgehead atoms. The minimum Gasteiger partial charge on any atom is -0.464 e. The molecule has 0 aliphatic heterocycles. The quantitative estimate of drug-likeness (QED) is 0.526. The molecule has 5 nitrogen and oxygen atoms in total. The average molecular weight is 393 g/mol. The molecule has 2 heterocycles. The van der Waals surface area contributed by atoms with Crippen molar-refractivity contribution in [3.8, 4) is 0 Å². The first-order valence-corrected chi connectivity index (χ1v) is 7.33. The number of anilines is 2. The largest absolute Gasteiger partial charge is 0.464 e. The van der Waals surface area contributed by atoms with Gasteiger partial charge in [0, 0.05) is 14.6 Å². The topological polar surface area (TPSA) is 67.0 Å². The van der Waals surface area contributed by atoms with Crippen LogP contribution in [-0.4, -0.2) is 23.0 Å². The summed E-state index contributed by atoms with van der Waals surface area (Å²) in [6.45, 7) is 0. The van der Waals surface area contributed by atoms with Crippen molar-refractivity contribution >= 4 is 51.0 Å². The Morgan fingerprint density at radius 3 is 2.71 bits per heavy atom. The zero-order valence-corrected chi connectivity index (χ0v) is 13.3. The first kappa shape index (κ1) is 13.9. The molecular weight excluding hydrogens is 381 g/mol. The van der Waals surface area contributed by atoms with Crippen LogP contribution in [0.4, 0.5) is 11.4 Å². The molecule has 1 aromatic carbocycles. The number of esters is 1. The highest BCUT2D eigenvalue weighted by molar-refractivity contribution is 14.1. The number of aromatic nitrogens is 2. The molecule has 0 saturated carbocycles. The first-order valence-electron chi connectivity index (χ1n) is 6.25. The Morgan fingerprint density at radius 1 is 1.24 bits per heavy atom. The molecule has 21 heavy (non-hydrogen) atoms. The number of rotatable bonds is 3. The fourth-order valence-electron chi connectivity index (χ4n) is 2.00. The Hall–Kier alpha value is -2.09. The summed E-state index contributed by atoms with van der Waals surface area (Å²) in [5, 5.41) is 4.13. The maximum absolute atomic E-state index is 11.5. The summed E-state index contributed by atoms with van der Waals surface area (Å²) in [6.07, 6.45) is 1.72. The third-order valence-electron chi connectivity index (χ3n) is 3.01. The van der Waals surface area contributed by atoms with Crippen molar-refractivity contribution in [3.63, 3.8) is 0 Å². The highest BCUT2D eigenvalue weighted by atomic mass is 127. The molecule has 106 valence electrons. The number of H-pyrrole nitrogens is 1. The molecule has 0 unspecified atom stereocenters. The smallest absolute Gasteiger partial charge is 0.354 e. The zero-order chi connectivity index (χ0) is 14.8. The summed E-state index contributed by atoms with van der Waals surface area (Å²) in [6, 6.07) is 11.7. The lowest BCUT2D eigenvalue weighted by molar-refractivity contribution is 0.0595. The number of carbonyl (C=O) groups is 1. The van der Waals surface area contributed by atoms with Crippen molar-refractivity contribution in [1.29, 1.82) is 0 Å². The van der Waals surface area contributed by atoms with Crippen molar-refractivity contribution in [2.45, 2.75) is 0 Å². The molecule has 2 aromatic heterocycles. The maximum atomic E-state index is 11.5. The molecule has 0 aliphatic carbocycles. The highest BCUT2D eigenvalue weighted by Crippen LogP contribution is 2.22. The van der Waals surface area contributed by atoms with E-state index < -0.39 is 5.97 Å². The van der Waals surface area contributed by atoms with Crippen LogP contribution in [0.3, 0.4) is 0 Å². The Bertz CT molecular complexity index is 796. The van der Waals surface area contributed by atoms with Gasteiger partial charge in [0.2, 0.25) is 0 Å². The van der Waals surface area contributed by atoms with Gasteiger partial charge in [-0.3, -0.25) is 0 Å². The van der Waals surface area contributed by atoms with E-state index in [-0.39, 0.29) is 0 Å². The summed E-state index contributed by atoms with van der Waals surface area (Å²) >= 11 is 2.26. The van der Waals surface area contributed by atoms with E-state index in [4.69, 9.17) is 0 Å². The minimum absolute atomic E-state index is 0.395. The number of hydrogen-bond donors (Lipinski definition) is 2. The highest BCUT2D eigenvalue weighted by Gasteiger charge is 2.10. The molecular formula is C15H12IN3O2. The van der Waals surface area contributed by atoms with Crippen LogP contribution in [0.2, 0.25) is 0 Å². The number of halogens is 1. The van der Waals surface area contributed by atoms with Gasteiger partial charge in [-0.15, -0.1) is 0 Å². The minimum atomic E-state index is -0.403.